The number of H-pyrrole nitrogens is 1. The number of nitrogens with zero attached hydrogens (tertiary/aromatic N) is 4. The Morgan fingerprint density at radius 2 is 1.77 bits per heavy atom. The number of hydrogen-bond acceptors (Lipinski definition) is 8. The number of rotatable bonds is 8. The zero-order chi connectivity index (χ0) is 27.7. The van der Waals surface area contributed by atoms with E-state index in [9.17, 15) is 13.2 Å². The maximum Gasteiger partial charge on any atom is 0.266 e. The number of nitrogens with one attached hydrogen (secondary N) is 2. The maximum atomic E-state index is 14.1. The first-order valence-electron chi connectivity index (χ1n) is 12.5. The van der Waals surface area contributed by atoms with Crippen molar-refractivity contribution in [3.8, 4) is 11.8 Å². The SMILES string of the molecule is COc1ccc(N(C)S(=O)(=O)c2cc3c(cc2NC(=O)CN2CCN(C)CC2)[nH]c2ccccc23)c(OC)n1. The van der Waals surface area contributed by atoms with E-state index in [1.54, 1.807) is 24.3 Å². The zero-order valence-electron chi connectivity index (χ0n) is 22.4. The molecule has 0 saturated carbocycles. The number of fused-ring (bicyclic) bond motifs is 3. The number of sulfonamides is 1. The van der Waals surface area contributed by atoms with Gasteiger partial charge in [0.15, 0.2) is 0 Å². The molecule has 2 aromatic carbocycles. The lowest BCUT2D eigenvalue weighted by Gasteiger charge is -2.31. The van der Waals surface area contributed by atoms with Gasteiger partial charge in [-0.2, -0.15) is 4.98 Å². The number of benzene rings is 2. The Bertz CT molecular complexity index is 1630. The molecule has 39 heavy (non-hydrogen) atoms. The number of aromatic amines is 1. The lowest BCUT2D eigenvalue weighted by molar-refractivity contribution is -0.117. The third kappa shape index (κ3) is 5.22. The highest BCUT2D eigenvalue weighted by atomic mass is 32.2. The molecular formula is C27H32N6O5S. The number of para-hydroxylation sites is 1. The predicted molar refractivity (Wildman–Crippen MR) is 151 cm³/mol. The first-order chi connectivity index (χ1) is 18.7. The summed E-state index contributed by atoms with van der Waals surface area (Å²) in [5.74, 6) is 0.102. The van der Waals surface area contributed by atoms with Gasteiger partial charge in [-0.05, 0) is 31.3 Å². The van der Waals surface area contributed by atoms with E-state index >= 15 is 0 Å². The second-order valence-corrected chi connectivity index (χ2v) is 11.5. The minimum absolute atomic E-state index is 0.0353. The van der Waals surface area contributed by atoms with Crippen LogP contribution in [-0.2, 0) is 14.8 Å². The highest BCUT2D eigenvalue weighted by Crippen LogP contribution is 2.37. The number of hydrogen-bond donors (Lipinski definition) is 2. The summed E-state index contributed by atoms with van der Waals surface area (Å²) in [6, 6.07) is 14.1. The molecule has 1 aliphatic heterocycles. The van der Waals surface area contributed by atoms with Crippen LogP contribution < -0.4 is 19.1 Å². The molecule has 1 aliphatic rings. The number of pyridine rings is 1. The van der Waals surface area contributed by atoms with E-state index in [1.807, 2.05) is 31.3 Å². The molecule has 2 N–H and O–H groups in total. The molecule has 5 rings (SSSR count). The van der Waals surface area contributed by atoms with Gasteiger partial charge in [0.2, 0.25) is 17.7 Å². The Morgan fingerprint density at radius 1 is 1.03 bits per heavy atom. The molecule has 0 bridgehead atoms. The molecule has 206 valence electrons. The number of methoxy groups -OCH3 is 2. The molecule has 0 aliphatic carbocycles. The average molecular weight is 553 g/mol. The number of aromatic nitrogens is 2. The molecule has 0 atom stereocenters. The minimum atomic E-state index is -4.18. The summed E-state index contributed by atoms with van der Waals surface area (Å²) in [5, 5.41) is 4.49. The Morgan fingerprint density at radius 3 is 2.49 bits per heavy atom. The van der Waals surface area contributed by atoms with Gasteiger partial charge in [-0.1, -0.05) is 18.2 Å². The van der Waals surface area contributed by atoms with Crippen LogP contribution in [-0.4, -0.2) is 95.1 Å². The fourth-order valence-electron chi connectivity index (χ4n) is 4.78. The van der Waals surface area contributed by atoms with Crippen LogP contribution >= 0.6 is 0 Å². The lowest BCUT2D eigenvalue weighted by Crippen LogP contribution is -2.47. The van der Waals surface area contributed by atoms with Gasteiger partial charge in [-0.15, -0.1) is 0 Å². The van der Waals surface area contributed by atoms with E-state index in [0.717, 1.165) is 52.3 Å². The molecule has 12 heteroatoms. The summed E-state index contributed by atoms with van der Waals surface area (Å²) in [5.41, 5.74) is 2.01. The van der Waals surface area contributed by atoms with Crippen LogP contribution in [0.1, 0.15) is 0 Å². The number of carbonyl (C=O) groups is 1. The second-order valence-electron chi connectivity index (χ2n) is 9.55. The number of likely N-dealkylation sites (N-methyl/N-ethyl adjacent to an activating group) is 1. The number of piperazine rings is 1. The summed E-state index contributed by atoms with van der Waals surface area (Å²) in [4.78, 5) is 24.9. The maximum absolute atomic E-state index is 14.1. The van der Waals surface area contributed by atoms with Crippen molar-refractivity contribution >= 4 is 49.1 Å². The van der Waals surface area contributed by atoms with Gasteiger partial charge in [0.25, 0.3) is 10.0 Å². The molecular weight excluding hydrogens is 520 g/mol. The highest BCUT2D eigenvalue weighted by Gasteiger charge is 2.29. The molecule has 1 fully saturated rings. The molecule has 1 amide bonds. The average Bonchev–Trinajstić information content (AvgIpc) is 3.30. The first kappa shape index (κ1) is 26.7. The minimum Gasteiger partial charge on any atom is -0.481 e. The molecule has 2 aromatic heterocycles. The van der Waals surface area contributed by atoms with Crippen LogP contribution in [0.2, 0.25) is 0 Å². The Kier molecular flexibility index (Phi) is 7.34. The van der Waals surface area contributed by atoms with E-state index < -0.39 is 10.0 Å². The molecule has 4 aromatic rings. The molecule has 3 heterocycles. The first-order valence-corrected chi connectivity index (χ1v) is 14.0. The van der Waals surface area contributed by atoms with Gasteiger partial charge < -0.3 is 24.7 Å². The van der Waals surface area contributed by atoms with Crippen LogP contribution in [0.15, 0.2) is 53.4 Å². The number of amides is 1. The molecule has 11 nitrogen and oxygen atoms in total. The number of carbonyl (C=O) groups excluding carboxylic acids is 1. The Labute approximate surface area is 227 Å². The molecule has 1 saturated heterocycles. The van der Waals surface area contributed by atoms with Crippen LogP contribution in [0.25, 0.3) is 21.8 Å². The van der Waals surface area contributed by atoms with Gasteiger partial charge in [0, 0.05) is 61.1 Å². The monoisotopic (exact) mass is 552 g/mol. The molecule has 0 spiro atoms. The van der Waals surface area contributed by atoms with Crippen molar-refractivity contribution in [2.24, 2.45) is 0 Å². The van der Waals surface area contributed by atoms with E-state index in [0.29, 0.717) is 5.88 Å². The third-order valence-corrected chi connectivity index (χ3v) is 8.85. The Balaban J connectivity index is 1.57. The van der Waals surface area contributed by atoms with Crippen LogP contribution in [0.5, 0.6) is 11.8 Å². The summed E-state index contributed by atoms with van der Waals surface area (Å²) >= 11 is 0. The molecule has 0 radical (unpaired) electrons. The van der Waals surface area contributed by atoms with Crippen LogP contribution in [0.3, 0.4) is 0 Å². The van der Waals surface area contributed by atoms with E-state index in [-0.39, 0.29) is 34.6 Å². The largest absolute Gasteiger partial charge is 0.481 e. The number of anilines is 2. The fourth-order valence-corrected chi connectivity index (χ4v) is 6.13. The highest BCUT2D eigenvalue weighted by molar-refractivity contribution is 7.93. The van der Waals surface area contributed by atoms with Crippen molar-refractivity contribution in [3.05, 3.63) is 48.5 Å². The van der Waals surface area contributed by atoms with Gasteiger partial charge in [0.1, 0.15) is 10.6 Å². The topological polar surface area (TPSA) is 120 Å². The molecule has 0 unspecified atom stereocenters. The van der Waals surface area contributed by atoms with Crippen molar-refractivity contribution in [1.82, 2.24) is 19.8 Å². The van der Waals surface area contributed by atoms with E-state index in [4.69, 9.17) is 9.47 Å². The quantitative estimate of drug-likeness (QED) is 0.343. The van der Waals surface area contributed by atoms with Crippen molar-refractivity contribution in [1.29, 1.82) is 0 Å². The predicted octanol–water partition coefficient (Wildman–Crippen LogP) is 2.74. The van der Waals surface area contributed by atoms with E-state index in [2.05, 4.69) is 25.1 Å². The van der Waals surface area contributed by atoms with Gasteiger partial charge in [-0.25, -0.2) is 8.42 Å². The van der Waals surface area contributed by atoms with Crippen LogP contribution in [0.4, 0.5) is 11.4 Å². The zero-order valence-corrected chi connectivity index (χ0v) is 23.2. The lowest BCUT2D eigenvalue weighted by atomic mass is 10.1. The summed E-state index contributed by atoms with van der Waals surface area (Å²) < 4.78 is 39.9. The van der Waals surface area contributed by atoms with E-state index in [1.165, 1.54) is 21.3 Å². The van der Waals surface area contributed by atoms with Gasteiger partial charge in [-0.3, -0.25) is 14.0 Å². The van der Waals surface area contributed by atoms with Crippen LogP contribution in [0, 0.1) is 0 Å². The third-order valence-electron chi connectivity index (χ3n) is 7.04. The Hall–Kier alpha value is -3.87. The summed E-state index contributed by atoms with van der Waals surface area (Å²) in [6.45, 7) is 3.45. The normalized spacial score (nSPS) is 15.0. The summed E-state index contributed by atoms with van der Waals surface area (Å²) in [6.07, 6.45) is 0. The second kappa shape index (κ2) is 10.7. The van der Waals surface area contributed by atoms with Crippen molar-refractivity contribution in [2.45, 2.75) is 4.90 Å². The smallest absolute Gasteiger partial charge is 0.266 e. The fraction of sp³-hybridized carbons (Fsp3) is 0.333. The number of ether oxygens (including phenoxy) is 2. The van der Waals surface area contributed by atoms with Gasteiger partial charge in [0.05, 0.1) is 26.5 Å². The van der Waals surface area contributed by atoms with Gasteiger partial charge >= 0.3 is 0 Å². The van der Waals surface area contributed by atoms with Crippen molar-refractivity contribution in [3.63, 3.8) is 0 Å². The van der Waals surface area contributed by atoms with Crippen molar-refractivity contribution in [2.75, 3.05) is 70.7 Å². The summed E-state index contributed by atoms with van der Waals surface area (Å²) in [7, 11) is 2.18. The standard InChI is InChI=1S/C27H32N6O5S/c1-31-11-13-33(14-12-31)17-25(34)29-22-16-21-19(18-7-5-6-8-20(18)28-21)15-24(22)39(35,36)32(2)23-9-10-26(37-3)30-27(23)38-4/h5-10,15-16,28H,11-14,17H2,1-4H3,(H,29,34). The van der Waals surface area contributed by atoms with Crippen molar-refractivity contribution < 1.29 is 22.7 Å².